The zero-order valence-corrected chi connectivity index (χ0v) is 13.9. The minimum absolute atomic E-state index is 0.166. The number of amides is 3. The van der Waals surface area contributed by atoms with E-state index < -0.39 is 11.6 Å². The Bertz CT molecular complexity index is 766. The zero-order valence-electron chi connectivity index (χ0n) is 13.2. The largest absolute Gasteiger partial charge is 0.492 e. The number of imide groups is 1. The molecule has 0 saturated carbocycles. The van der Waals surface area contributed by atoms with E-state index >= 15 is 0 Å². The van der Waals surface area contributed by atoms with Crippen molar-refractivity contribution in [1.29, 1.82) is 0 Å². The molecule has 1 atom stereocenters. The monoisotopic (exact) mass is 344 g/mol. The number of rotatable bonds is 5. The number of carbonyl (C=O) groups is 2. The lowest BCUT2D eigenvalue weighted by Gasteiger charge is -2.22. The summed E-state index contributed by atoms with van der Waals surface area (Å²) in [4.78, 5) is 26.1. The van der Waals surface area contributed by atoms with Gasteiger partial charge in [0.05, 0.1) is 6.54 Å². The summed E-state index contributed by atoms with van der Waals surface area (Å²) in [5.41, 5.74) is -0.296. The quantitative estimate of drug-likeness (QED) is 0.847. The molecule has 0 spiro atoms. The van der Waals surface area contributed by atoms with Crippen molar-refractivity contribution < 1.29 is 14.3 Å². The number of benzene rings is 2. The maximum atomic E-state index is 12.7. The van der Waals surface area contributed by atoms with E-state index in [1.807, 2.05) is 30.3 Å². The van der Waals surface area contributed by atoms with Crippen LogP contribution < -0.4 is 10.1 Å². The maximum Gasteiger partial charge on any atom is 0.325 e. The summed E-state index contributed by atoms with van der Waals surface area (Å²) >= 11 is 5.89. The van der Waals surface area contributed by atoms with Crippen LogP contribution in [0.25, 0.3) is 0 Å². The van der Waals surface area contributed by atoms with Crippen LogP contribution >= 0.6 is 11.6 Å². The number of nitrogens with one attached hydrogen (secondary N) is 1. The van der Waals surface area contributed by atoms with Gasteiger partial charge in [-0.05, 0) is 30.7 Å². The Balaban J connectivity index is 1.67. The first-order valence-electron chi connectivity index (χ1n) is 7.59. The smallest absolute Gasteiger partial charge is 0.325 e. The van der Waals surface area contributed by atoms with Crippen LogP contribution in [0.15, 0.2) is 54.6 Å². The van der Waals surface area contributed by atoms with E-state index in [4.69, 9.17) is 16.3 Å². The van der Waals surface area contributed by atoms with Crippen LogP contribution in [0.2, 0.25) is 5.02 Å². The van der Waals surface area contributed by atoms with Crippen LogP contribution in [0.4, 0.5) is 4.79 Å². The summed E-state index contributed by atoms with van der Waals surface area (Å²) in [6.45, 7) is 2.07. The highest BCUT2D eigenvalue weighted by Gasteiger charge is 2.48. The Morgan fingerprint density at radius 2 is 1.88 bits per heavy atom. The molecule has 0 aromatic heterocycles. The number of carbonyl (C=O) groups excluding carboxylic acids is 2. The van der Waals surface area contributed by atoms with Crippen molar-refractivity contribution >= 4 is 23.5 Å². The van der Waals surface area contributed by atoms with Gasteiger partial charge in [-0.15, -0.1) is 0 Å². The summed E-state index contributed by atoms with van der Waals surface area (Å²) in [5.74, 6) is 0.314. The summed E-state index contributed by atoms with van der Waals surface area (Å²) < 4.78 is 5.56. The Kier molecular flexibility index (Phi) is 4.44. The lowest BCUT2D eigenvalue weighted by molar-refractivity contribution is -0.131. The first-order chi connectivity index (χ1) is 11.5. The molecule has 2 aromatic rings. The van der Waals surface area contributed by atoms with E-state index in [-0.39, 0.29) is 19.1 Å². The first kappa shape index (κ1) is 16.3. The molecule has 6 heteroatoms. The number of nitrogens with zero attached hydrogens (tertiary/aromatic N) is 1. The molecule has 1 heterocycles. The lowest BCUT2D eigenvalue weighted by Crippen LogP contribution is -2.41. The molecule has 0 bridgehead atoms. The minimum Gasteiger partial charge on any atom is -0.492 e. The molecule has 1 aliphatic rings. The minimum atomic E-state index is -1.05. The van der Waals surface area contributed by atoms with Gasteiger partial charge in [0.2, 0.25) is 0 Å². The highest BCUT2D eigenvalue weighted by Crippen LogP contribution is 2.28. The number of hydrogen-bond acceptors (Lipinski definition) is 3. The number of hydrogen-bond donors (Lipinski definition) is 1. The first-order valence-corrected chi connectivity index (χ1v) is 7.96. The SMILES string of the molecule is C[C@]1(c2ccccc2)NC(=O)N(CCOc2cccc(Cl)c2)C1=O. The summed E-state index contributed by atoms with van der Waals surface area (Å²) in [7, 11) is 0. The van der Waals surface area contributed by atoms with Crippen molar-refractivity contribution in [3.05, 3.63) is 65.2 Å². The number of ether oxygens (including phenoxy) is 1. The third-order valence-electron chi connectivity index (χ3n) is 4.01. The van der Waals surface area contributed by atoms with Crippen molar-refractivity contribution in [2.24, 2.45) is 0 Å². The Hall–Kier alpha value is -2.53. The van der Waals surface area contributed by atoms with Gasteiger partial charge in [0.15, 0.2) is 0 Å². The molecule has 0 unspecified atom stereocenters. The summed E-state index contributed by atoms with van der Waals surface area (Å²) in [5, 5.41) is 3.33. The Labute approximate surface area is 145 Å². The van der Waals surface area contributed by atoms with Crippen molar-refractivity contribution in [3.8, 4) is 5.75 Å². The molecule has 3 rings (SSSR count). The van der Waals surface area contributed by atoms with Crippen molar-refractivity contribution in [3.63, 3.8) is 0 Å². The zero-order chi connectivity index (χ0) is 17.2. The molecule has 2 aromatic carbocycles. The fraction of sp³-hybridized carbons (Fsp3) is 0.222. The third-order valence-corrected chi connectivity index (χ3v) is 4.24. The second-order valence-corrected chi connectivity index (χ2v) is 6.12. The molecule has 1 aliphatic heterocycles. The van der Waals surface area contributed by atoms with Crippen molar-refractivity contribution in [1.82, 2.24) is 10.2 Å². The van der Waals surface area contributed by atoms with Crippen LogP contribution in [0.1, 0.15) is 12.5 Å². The molecule has 124 valence electrons. The van der Waals surface area contributed by atoms with Gasteiger partial charge in [0, 0.05) is 5.02 Å². The fourth-order valence-electron chi connectivity index (χ4n) is 2.68. The van der Waals surface area contributed by atoms with Crippen LogP contribution in [-0.2, 0) is 10.3 Å². The van der Waals surface area contributed by atoms with E-state index in [0.717, 1.165) is 5.56 Å². The predicted octanol–water partition coefficient (Wildman–Crippen LogP) is 3.19. The van der Waals surface area contributed by atoms with Crippen molar-refractivity contribution in [2.75, 3.05) is 13.2 Å². The second-order valence-electron chi connectivity index (χ2n) is 5.68. The molecule has 24 heavy (non-hydrogen) atoms. The molecular formula is C18H17ClN2O3. The number of urea groups is 1. The molecule has 1 fully saturated rings. The average molecular weight is 345 g/mol. The van der Waals surface area contributed by atoms with Crippen LogP contribution in [0, 0.1) is 0 Å². The van der Waals surface area contributed by atoms with Crippen LogP contribution in [-0.4, -0.2) is 30.0 Å². The normalized spacial score (nSPS) is 20.2. The highest BCUT2D eigenvalue weighted by molar-refractivity contribution is 6.30. The molecule has 0 aliphatic carbocycles. The van der Waals surface area contributed by atoms with E-state index in [2.05, 4.69) is 5.32 Å². The van der Waals surface area contributed by atoms with Crippen LogP contribution in [0.5, 0.6) is 5.75 Å². The Morgan fingerprint density at radius 3 is 2.58 bits per heavy atom. The fourth-order valence-corrected chi connectivity index (χ4v) is 2.86. The van der Waals surface area contributed by atoms with Gasteiger partial charge < -0.3 is 10.1 Å². The van der Waals surface area contributed by atoms with Gasteiger partial charge in [0.25, 0.3) is 5.91 Å². The van der Waals surface area contributed by atoms with Gasteiger partial charge in [-0.2, -0.15) is 0 Å². The van der Waals surface area contributed by atoms with Crippen molar-refractivity contribution in [2.45, 2.75) is 12.5 Å². The third kappa shape index (κ3) is 3.08. The number of halogens is 1. The van der Waals surface area contributed by atoms with E-state index in [1.165, 1.54) is 4.90 Å². The lowest BCUT2D eigenvalue weighted by atomic mass is 9.92. The standard InChI is InChI=1S/C18H17ClN2O3/c1-18(13-6-3-2-4-7-13)16(22)21(17(23)20-18)10-11-24-15-9-5-8-14(19)12-15/h2-9,12H,10-11H2,1H3,(H,20,23)/t18-/m1/s1. The molecule has 1 saturated heterocycles. The average Bonchev–Trinajstić information content (AvgIpc) is 2.80. The maximum absolute atomic E-state index is 12.7. The van der Waals surface area contributed by atoms with Crippen LogP contribution in [0.3, 0.4) is 0 Å². The summed E-state index contributed by atoms with van der Waals surface area (Å²) in [6.07, 6.45) is 0. The van der Waals surface area contributed by atoms with E-state index in [1.54, 1.807) is 31.2 Å². The van der Waals surface area contributed by atoms with Gasteiger partial charge in [0.1, 0.15) is 17.9 Å². The van der Waals surface area contributed by atoms with Gasteiger partial charge in [-0.3, -0.25) is 9.69 Å². The van der Waals surface area contributed by atoms with Gasteiger partial charge in [-0.25, -0.2) is 4.79 Å². The second kappa shape index (κ2) is 6.53. The Morgan fingerprint density at radius 1 is 1.12 bits per heavy atom. The molecule has 1 N–H and O–H groups in total. The molecule has 5 nitrogen and oxygen atoms in total. The molecule has 0 radical (unpaired) electrons. The summed E-state index contributed by atoms with van der Waals surface area (Å²) in [6, 6.07) is 15.7. The molecular weight excluding hydrogens is 328 g/mol. The van der Waals surface area contributed by atoms with E-state index in [9.17, 15) is 9.59 Å². The van der Waals surface area contributed by atoms with Gasteiger partial charge in [-0.1, -0.05) is 48.0 Å². The van der Waals surface area contributed by atoms with E-state index in [0.29, 0.717) is 10.8 Å². The predicted molar refractivity (Wildman–Crippen MR) is 91.0 cm³/mol. The van der Waals surface area contributed by atoms with Gasteiger partial charge >= 0.3 is 6.03 Å². The topological polar surface area (TPSA) is 58.6 Å². The molecule has 3 amide bonds. The highest BCUT2D eigenvalue weighted by atomic mass is 35.5.